The highest BCUT2D eigenvalue weighted by molar-refractivity contribution is 5.94. The summed E-state index contributed by atoms with van der Waals surface area (Å²) in [5.41, 5.74) is 16.7. The average molecular weight is 459 g/mol. The zero-order chi connectivity index (χ0) is 24.8. The fourth-order valence-corrected chi connectivity index (χ4v) is 3.11. The van der Waals surface area contributed by atoms with Crippen LogP contribution in [0.2, 0.25) is 0 Å². The third-order valence-corrected chi connectivity index (χ3v) is 4.82. The predicted molar refractivity (Wildman–Crippen MR) is 122 cm³/mol. The molecule has 0 rings (SSSR count). The lowest BCUT2D eigenvalue weighted by atomic mass is 10.0. The highest BCUT2D eigenvalue weighted by atomic mass is 16.3. The minimum atomic E-state index is -1.27. The maximum absolute atomic E-state index is 12.8. The number of primary amides is 1. The SMILES string of the molecule is CC(C)CC(N)C(=O)NC(CO)C(=O)NC(CCCCN)C(=O)NC(CC(C)C)C(N)=O. The molecule has 0 aromatic heterocycles. The summed E-state index contributed by atoms with van der Waals surface area (Å²) >= 11 is 0. The number of amides is 4. The fraction of sp³-hybridized carbons (Fsp3) is 0.810. The highest BCUT2D eigenvalue weighted by Crippen LogP contribution is 2.07. The van der Waals surface area contributed by atoms with Gasteiger partial charge in [-0.1, -0.05) is 27.7 Å². The third kappa shape index (κ3) is 12.0. The molecule has 0 saturated heterocycles. The number of carbonyl (C=O) groups excluding carboxylic acids is 4. The number of aliphatic hydroxyl groups excluding tert-OH is 1. The Hall–Kier alpha value is -2.24. The molecule has 186 valence electrons. The molecule has 4 unspecified atom stereocenters. The molecule has 11 nitrogen and oxygen atoms in total. The number of hydrogen-bond acceptors (Lipinski definition) is 7. The average Bonchev–Trinajstić information content (AvgIpc) is 2.69. The molecule has 0 aliphatic heterocycles. The highest BCUT2D eigenvalue weighted by Gasteiger charge is 2.29. The van der Waals surface area contributed by atoms with E-state index in [0.29, 0.717) is 32.2 Å². The number of rotatable bonds is 16. The Bertz CT molecular complexity index is 613. The van der Waals surface area contributed by atoms with Crippen molar-refractivity contribution < 1.29 is 24.3 Å². The Morgan fingerprint density at radius 1 is 0.781 bits per heavy atom. The van der Waals surface area contributed by atoms with E-state index in [0.717, 1.165) is 0 Å². The largest absolute Gasteiger partial charge is 0.394 e. The van der Waals surface area contributed by atoms with Crippen molar-refractivity contribution in [2.75, 3.05) is 13.2 Å². The Morgan fingerprint density at radius 3 is 1.75 bits per heavy atom. The number of hydrogen-bond donors (Lipinski definition) is 7. The topological polar surface area (TPSA) is 203 Å². The van der Waals surface area contributed by atoms with Crippen molar-refractivity contribution in [1.29, 1.82) is 0 Å². The molecular formula is C21H42N6O5. The molecule has 32 heavy (non-hydrogen) atoms. The molecule has 0 fully saturated rings. The van der Waals surface area contributed by atoms with Gasteiger partial charge in [0.1, 0.15) is 18.1 Å². The van der Waals surface area contributed by atoms with Crippen LogP contribution in [0, 0.1) is 11.8 Å². The van der Waals surface area contributed by atoms with Gasteiger partial charge in [0.2, 0.25) is 23.6 Å². The van der Waals surface area contributed by atoms with Crippen LogP contribution >= 0.6 is 0 Å². The minimum absolute atomic E-state index is 0.113. The van der Waals surface area contributed by atoms with Crippen LogP contribution in [0.4, 0.5) is 0 Å². The number of unbranched alkanes of at least 4 members (excludes halogenated alkanes) is 1. The van der Waals surface area contributed by atoms with Crippen molar-refractivity contribution in [2.24, 2.45) is 29.0 Å². The van der Waals surface area contributed by atoms with E-state index in [-0.39, 0.29) is 18.3 Å². The lowest BCUT2D eigenvalue weighted by Crippen LogP contribution is -2.58. The molecule has 4 atom stereocenters. The van der Waals surface area contributed by atoms with E-state index >= 15 is 0 Å². The maximum Gasteiger partial charge on any atom is 0.245 e. The minimum Gasteiger partial charge on any atom is -0.394 e. The lowest BCUT2D eigenvalue weighted by molar-refractivity contribution is -0.134. The monoisotopic (exact) mass is 458 g/mol. The molecule has 0 saturated carbocycles. The van der Waals surface area contributed by atoms with Crippen LogP contribution in [-0.4, -0.2) is 66.1 Å². The van der Waals surface area contributed by atoms with Gasteiger partial charge in [-0.2, -0.15) is 0 Å². The van der Waals surface area contributed by atoms with Crippen molar-refractivity contribution in [3.05, 3.63) is 0 Å². The van der Waals surface area contributed by atoms with Crippen LogP contribution in [0.5, 0.6) is 0 Å². The van der Waals surface area contributed by atoms with Gasteiger partial charge >= 0.3 is 0 Å². The second-order valence-electron chi connectivity index (χ2n) is 8.92. The van der Waals surface area contributed by atoms with Gasteiger partial charge in [0.05, 0.1) is 12.6 Å². The van der Waals surface area contributed by atoms with Gasteiger partial charge in [-0.3, -0.25) is 19.2 Å². The van der Waals surface area contributed by atoms with Crippen LogP contribution in [0.3, 0.4) is 0 Å². The summed E-state index contributed by atoms with van der Waals surface area (Å²) in [5, 5.41) is 17.2. The molecule has 0 heterocycles. The molecule has 0 aliphatic rings. The summed E-state index contributed by atoms with van der Waals surface area (Å²) in [7, 11) is 0. The number of nitrogens with one attached hydrogen (secondary N) is 3. The molecule has 4 amide bonds. The molecular weight excluding hydrogens is 416 g/mol. The molecule has 0 radical (unpaired) electrons. The first-order chi connectivity index (χ1) is 14.9. The molecule has 0 aliphatic carbocycles. The summed E-state index contributed by atoms with van der Waals surface area (Å²) in [6, 6.07) is -3.96. The van der Waals surface area contributed by atoms with E-state index in [9.17, 15) is 24.3 Å². The summed E-state index contributed by atoms with van der Waals surface area (Å²) in [6.07, 6.45) is 2.22. The van der Waals surface area contributed by atoms with Crippen LogP contribution in [-0.2, 0) is 19.2 Å². The molecule has 10 N–H and O–H groups in total. The molecule has 0 spiro atoms. The Balaban J connectivity index is 5.26. The van der Waals surface area contributed by atoms with E-state index in [1.54, 1.807) is 0 Å². The molecule has 11 heteroatoms. The zero-order valence-electron chi connectivity index (χ0n) is 19.7. The quantitative estimate of drug-likeness (QED) is 0.136. The summed E-state index contributed by atoms with van der Waals surface area (Å²) < 4.78 is 0. The third-order valence-electron chi connectivity index (χ3n) is 4.82. The van der Waals surface area contributed by atoms with Crippen LogP contribution < -0.4 is 33.2 Å². The van der Waals surface area contributed by atoms with E-state index in [2.05, 4.69) is 16.0 Å². The van der Waals surface area contributed by atoms with Crippen molar-refractivity contribution in [3.8, 4) is 0 Å². The normalized spacial score (nSPS) is 15.0. The van der Waals surface area contributed by atoms with Gasteiger partial charge in [-0.25, -0.2) is 0 Å². The van der Waals surface area contributed by atoms with E-state index < -0.39 is 54.4 Å². The van der Waals surface area contributed by atoms with Gasteiger partial charge in [0.25, 0.3) is 0 Å². The van der Waals surface area contributed by atoms with Gasteiger partial charge in [0, 0.05) is 0 Å². The van der Waals surface area contributed by atoms with Gasteiger partial charge < -0.3 is 38.3 Å². The van der Waals surface area contributed by atoms with Crippen molar-refractivity contribution in [1.82, 2.24) is 16.0 Å². The number of carbonyl (C=O) groups is 4. The predicted octanol–water partition coefficient (Wildman–Crippen LogP) is -1.53. The Labute approximate surface area is 190 Å². The first-order valence-electron chi connectivity index (χ1n) is 11.2. The number of aliphatic hydroxyl groups is 1. The van der Waals surface area contributed by atoms with Gasteiger partial charge in [-0.05, 0) is 50.5 Å². The van der Waals surface area contributed by atoms with Gasteiger partial charge in [-0.15, -0.1) is 0 Å². The van der Waals surface area contributed by atoms with E-state index in [1.807, 2.05) is 27.7 Å². The van der Waals surface area contributed by atoms with Crippen LogP contribution in [0.1, 0.15) is 59.8 Å². The second kappa shape index (κ2) is 15.5. The number of nitrogens with two attached hydrogens (primary N) is 3. The molecule has 0 bridgehead atoms. The van der Waals surface area contributed by atoms with Gasteiger partial charge in [0.15, 0.2) is 0 Å². The second-order valence-corrected chi connectivity index (χ2v) is 8.92. The fourth-order valence-electron chi connectivity index (χ4n) is 3.11. The lowest BCUT2D eigenvalue weighted by Gasteiger charge is -2.25. The summed E-state index contributed by atoms with van der Waals surface area (Å²) in [6.45, 7) is 7.35. The molecule has 0 aromatic rings. The molecule has 0 aromatic carbocycles. The van der Waals surface area contributed by atoms with Crippen molar-refractivity contribution in [3.63, 3.8) is 0 Å². The Kier molecular flexibility index (Phi) is 14.5. The first kappa shape index (κ1) is 29.8. The van der Waals surface area contributed by atoms with Crippen LogP contribution in [0.25, 0.3) is 0 Å². The first-order valence-corrected chi connectivity index (χ1v) is 11.2. The van der Waals surface area contributed by atoms with E-state index in [4.69, 9.17) is 17.2 Å². The summed E-state index contributed by atoms with van der Waals surface area (Å²) in [5.74, 6) is -2.25. The summed E-state index contributed by atoms with van der Waals surface area (Å²) in [4.78, 5) is 49.4. The zero-order valence-corrected chi connectivity index (χ0v) is 19.7. The smallest absolute Gasteiger partial charge is 0.245 e. The van der Waals surface area contributed by atoms with E-state index in [1.165, 1.54) is 0 Å². The van der Waals surface area contributed by atoms with Crippen LogP contribution in [0.15, 0.2) is 0 Å². The maximum atomic E-state index is 12.8. The Morgan fingerprint density at radius 2 is 1.28 bits per heavy atom. The van der Waals surface area contributed by atoms with Crippen molar-refractivity contribution >= 4 is 23.6 Å². The van der Waals surface area contributed by atoms with Crippen molar-refractivity contribution in [2.45, 2.75) is 84.0 Å². The standard InChI is InChI=1S/C21H42N6O5/c1-12(2)9-14(23)19(30)27-17(11-28)21(32)25-15(7-5-6-8-22)20(31)26-16(18(24)29)10-13(3)4/h12-17,28H,5-11,22-23H2,1-4H3,(H2,24,29)(H,25,32)(H,26,31)(H,27,30).